The van der Waals surface area contributed by atoms with Gasteiger partial charge in [0.2, 0.25) is 0 Å². The first-order valence-corrected chi connectivity index (χ1v) is 6.66. The van der Waals surface area contributed by atoms with Crippen LogP contribution in [0.25, 0.3) is 0 Å². The van der Waals surface area contributed by atoms with E-state index >= 15 is 0 Å². The summed E-state index contributed by atoms with van der Waals surface area (Å²) in [5.41, 5.74) is 3.27. The molecule has 0 saturated heterocycles. The number of hydrogen-bond acceptors (Lipinski definition) is 3. The SMILES string of the molecule is Cc1ccc(C(=O)NCCc2cnc[nH]2)cc1C#CCO. The van der Waals surface area contributed by atoms with E-state index in [9.17, 15) is 4.79 Å². The summed E-state index contributed by atoms with van der Waals surface area (Å²) in [6.07, 6.45) is 4.05. The number of aryl methyl sites for hydroxylation is 1. The molecule has 1 aromatic carbocycles. The fraction of sp³-hybridized carbons (Fsp3) is 0.250. The van der Waals surface area contributed by atoms with Crippen LogP contribution in [-0.2, 0) is 6.42 Å². The summed E-state index contributed by atoms with van der Waals surface area (Å²) >= 11 is 0. The number of aromatic nitrogens is 2. The van der Waals surface area contributed by atoms with Crippen LogP contribution in [0, 0.1) is 18.8 Å². The Morgan fingerprint density at radius 3 is 3.05 bits per heavy atom. The number of benzene rings is 1. The van der Waals surface area contributed by atoms with Gasteiger partial charge < -0.3 is 15.4 Å². The van der Waals surface area contributed by atoms with E-state index in [1.54, 1.807) is 24.7 Å². The van der Waals surface area contributed by atoms with E-state index in [-0.39, 0.29) is 12.5 Å². The molecule has 1 amide bonds. The highest BCUT2D eigenvalue weighted by atomic mass is 16.2. The summed E-state index contributed by atoms with van der Waals surface area (Å²) in [6.45, 7) is 2.26. The molecule has 0 unspecified atom stereocenters. The lowest BCUT2D eigenvalue weighted by atomic mass is 10.0. The molecule has 0 radical (unpaired) electrons. The van der Waals surface area contributed by atoms with Gasteiger partial charge in [0.15, 0.2) is 0 Å². The number of aliphatic hydroxyl groups excluding tert-OH is 1. The fourth-order valence-electron chi connectivity index (χ4n) is 1.87. The first kappa shape index (κ1) is 14.8. The number of H-pyrrole nitrogens is 1. The van der Waals surface area contributed by atoms with Gasteiger partial charge in [-0.2, -0.15) is 0 Å². The molecule has 5 heteroatoms. The Balaban J connectivity index is 1.98. The molecule has 108 valence electrons. The molecule has 0 fully saturated rings. The van der Waals surface area contributed by atoms with Gasteiger partial charge in [-0.1, -0.05) is 17.9 Å². The maximum absolute atomic E-state index is 12.1. The highest BCUT2D eigenvalue weighted by Gasteiger charge is 2.07. The van der Waals surface area contributed by atoms with Gasteiger partial charge in [-0.05, 0) is 24.6 Å². The minimum atomic E-state index is -0.194. The topological polar surface area (TPSA) is 78.0 Å². The van der Waals surface area contributed by atoms with Crippen LogP contribution in [0.5, 0.6) is 0 Å². The third-order valence-corrected chi connectivity index (χ3v) is 3.04. The summed E-state index contributed by atoms with van der Waals surface area (Å²) in [7, 11) is 0. The maximum atomic E-state index is 12.1. The van der Waals surface area contributed by atoms with Crippen LogP contribution >= 0.6 is 0 Å². The van der Waals surface area contributed by atoms with Gasteiger partial charge >= 0.3 is 0 Å². The van der Waals surface area contributed by atoms with Gasteiger partial charge in [0.05, 0.1) is 6.33 Å². The number of carbonyl (C=O) groups excluding carboxylic acids is 1. The number of imidazole rings is 1. The van der Waals surface area contributed by atoms with Crippen molar-refractivity contribution in [3.63, 3.8) is 0 Å². The first-order chi connectivity index (χ1) is 10.2. The zero-order valence-corrected chi connectivity index (χ0v) is 11.8. The predicted octanol–water partition coefficient (Wildman–Crippen LogP) is 1.03. The predicted molar refractivity (Wildman–Crippen MR) is 79.8 cm³/mol. The van der Waals surface area contributed by atoms with Crippen molar-refractivity contribution in [1.29, 1.82) is 0 Å². The molecule has 0 aliphatic rings. The van der Waals surface area contributed by atoms with Crippen LogP contribution in [0.3, 0.4) is 0 Å². The molecule has 0 saturated carbocycles. The number of aromatic amines is 1. The smallest absolute Gasteiger partial charge is 0.251 e. The fourth-order valence-corrected chi connectivity index (χ4v) is 1.87. The number of amides is 1. The van der Waals surface area contributed by atoms with Crippen molar-refractivity contribution >= 4 is 5.91 Å². The van der Waals surface area contributed by atoms with Crippen molar-refractivity contribution in [2.75, 3.05) is 13.2 Å². The lowest BCUT2D eigenvalue weighted by Crippen LogP contribution is -2.25. The van der Waals surface area contributed by atoms with Gasteiger partial charge in [-0.15, -0.1) is 0 Å². The second kappa shape index (κ2) is 7.27. The van der Waals surface area contributed by atoms with Crippen molar-refractivity contribution in [2.24, 2.45) is 0 Å². The first-order valence-electron chi connectivity index (χ1n) is 6.66. The molecular formula is C16H17N3O2. The second-order valence-electron chi connectivity index (χ2n) is 4.57. The summed E-state index contributed by atoms with van der Waals surface area (Å²) in [4.78, 5) is 19.0. The van der Waals surface area contributed by atoms with Crippen molar-refractivity contribution in [3.05, 3.63) is 53.1 Å². The van der Waals surface area contributed by atoms with Crippen LogP contribution in [0.15, 0.2) is 30.7 Å². The van der Waals surface area contributed by atoms with Gasteiger partial charge in [0.25, 0.3) is 5.91 Å². The zero-order chi connectivity index (χ0) is 15.1. The molecule has 1 aromatic heterocycles. The Labute approximate surface area is 123 Å². The Kier molecular flexibility index (Phi) is 5.13. The van der Waals surface area contributed by atoms with Gasteiger partial charge in [-0.25, -0.2) is 4.98 Å². The van der Waals surface area contributed by atoms with Crippen LogP contribution in [0.2, 0.25) is 0 Å². The average molecular weight is 283 g/mol. The largest absolute Gasteiger partial charge is 0.384 e. The highest BCUT2D eigenvalue weighted by molar-refractivity contribution is 5.94. The van der Waals surface area contributed by atoms with Gasteiger partial charge in [0.1, 0.15) is 6.61 Å². The van der Waals surface area contributed by atoms with Crippen LogP contribution < -0.4 is 5.32 Å². The van der Waals surface area contributed by atoms with E-state index < -0.39 is 0 Å². The number of aliphatic hydroxyl groups is 1. The molecule has 0 aliphatic heterocycles. The molecule has 2 aromatic rings. The molecule has 0 atom stereocenters. The molecule has 1 heterocycles. The van der Waals surface area contributed by atoms with E-state index in [0.29, 0.717) is 18.5 Å². The Morgan fingerprint density at radius 1 is 1.48 bits per heavy atom. The van der Waals surface area contributed by atoms with Gasteiger partial charge in [0, 0.05) is 36.0 Å². The maximum Gasteiger partial charge on any atom is 0.251 e. The molecular weight excluding hydrogens is 266 g/mol. The lowest BCUT2D eigenvalue weighted by molar-refractivity contribution is 0.0954. The molecule has 2 rings (SSSR count). The van der Waals surface area contributed by atoms with E-state index in [1.807, 2.05) is 13.0 Å². The number of hydrogen-bond donors (Lipinski definition) is 3. The minimum absolute atomic E-state index is 0.137. The molecule has 0 aliphatic carbocycles. The van der Waals surface area contributed by atoms with Crippen molar-refractivity contribution in [2.45, 2.75) is 13.3 Å². The van der Waals surface area contributed by atoms with E-state index in [1.165, 1.54) is 0 Å². The molecule has 21 heavy (non-hydrogen) atoms. The molecule has 0 spiro atoms. The third kappa shape index (κ3) is 4.20. The molecule has 0 bridgehead atoms. The zero-order valence-electron chi connectivity index (χ0n) is 11.8. The van der Waals surface area contributed by atoms with Crippen LogP contribution in [0.4, 0.5) is 0 Å². The lowest BCUT2D eigenvalue weighted by Gasteiger charge is -2.06. The third-order valence-electron chi connectivity index (χ3n) is 3.04. The van der Waals surface area contributed by atoms with Crippen molar-refractivity contribution in [1.82, 2.24) is 15.3 Å². The number of carbonyl (C=O) groups is 1. The van der Waals surface area contributed by atoms with Crippen molar-refractivity contribution < 1.29 is 9.90 Å². The van der Waals surface area contributed by atoms with Crippen LogP contribution in [0.1, 0.15) is 27.2 Å². The van der Waals surface area contributed by atoms with Crippen molar-refractivity contribution in [3.8, 4) is 11.8 Å². The normalized spacial score (nSPS) is 9.81. The second-order valence-corrected chi connectivity index (χ2v) is 4.57. The number of nitrogens with one attached hydrogen (secondary N) is 2. The molecule has 3 N–H and O–H groups in total. The Hall–Kier alpha value is -2.58. The summed E-state index contributed by atoms with van der Waals surface area (Å²) in [5.74, 6) is 5.30. The number of rotatable bonds is 4. The summed E-state index contributed by atoms with van der Waals surface area (Å²) < 4.78 is 0. The minimum Gasteiger partial charge on any atom is -0.384 e. The Bertz CT molecular complexity index is 667. The Morgan fingerprint density at radius 2 is 2.33 bits per heavy atom. The quantitative estimate of drug-likeness (QED) is 0.734. The van der Waals surface area contributed by atoms with E-state index in [2.05, 4.69) is 27.1 Å². The van der Waals surface area contributed by atoms with E-state index in [4.69, 9.17) is 5.11 Å². The van der Waals surface area contributed by atoms with Crippen LogP contribution in [-0.4, -0.2) is 34.1 Å². The molecule has 5 nitrogen and oxygen atoms in total. The summed E-state index contributed by atoms with van der Waals surface area (Å²) in [5, 5.41) is 11.6. The monoisotopic (exact) mass is 283 g/mol. The average Bonchev–Trinajstić information content (AvgIpc) is 2.99. The van der Waals surface area contributed by atoms with E-state index in [0.717, 1.165) is 16.8 Å². The number of nitrogens with zero attached hydrogens (tertiary/aromatic N) is 1. The summed E-state index contributed by atoms with van der Waals surface area (Å²) in [6, 6.07) is 5.36. The standard InChI is InChI=1S/C16H17N3O2/c1-12-4-5-14(9-13(12)3-2-8-20)16(21)18-7-6-15-10-17-11-19-15/h4-5,9-11,20H,6-8H2,1H3,(H,17,19)(H,18,21). The highest BCUT2D eigenvalue weighted by Crippen LogP contribution is 2.10. The van der Waals surface area contributed by atoms with Gasteiger partial charge in [-0.3, -0.25) is 4.79 Å².